The van der Waals surface area contributed by atoms with Crippen LogP contribution in [-0.2, 0) is 19.9 Å². The van der Waals surface area contributed by atoms with E-state index < -0.39 is 5.91 Å². The summed E-state index contributed by atoms with van der Waals surface area (Å²) < 4.78 is 2.89. The second-order valence-electron chi connectivity index (χ2n) is 8.45. The number of nitrogens with one attached hydrogen (secondary N) is 3. The van der Waals surface area contributed by atoms with Crippen LogP contribution in [0.2, 0.25) is 0 Å². The number of pyridine rings is 2. The Kier molecular flexibility index (Phi) is 5.32. The number of aryl methyl sites for hydroxylation is 3. The molecule has 174 valence electrons. The first-order valence-corrected chi connectivity index (χ1v) is 11.9. The summed E-state index contributed by atoms with van der Waals surface area (Å²) in [5.74, 6) is -0.783. The fraction of sp³-hybridized carbons (Fsp3) is 0.292. The summed E-state index contributed by atoms with van der Waals surface area (Å²) in [5.41, 5.74) is 2.81. The summed E-state index contributed by atoms with van der Waals surface area (Å²) in [6.45, 7) is 1.86. The molecule has 0 bridgehead atoms. The summed E-state index contributed by atoms with van der Waals surface area (Å²) in [7, 11) is 3.18. The Morgan fingerprint density at radius 2 is 1.94 bits per heavy atom. The highest BCUT2D eigenvalue weighted by molar-refractivity contribution is 7.17. The first-order chi connectivity index (χ1) is 16.3. The van der Waals surface area contributed by atoms with Gasteiger partial charge in [0.25, 0.3) is 17.4 Å². The molecule has 0 aliphatic heterocycles. The first kappa shape index (κ1) is 22.0. The highest BCUT2D eigenvalue weighted by Gasteiger charge is 2.26. The number of rotatable bonds is 3. The predicted octanol–water partition coefficient (Wildman–Crippen LogP) is 2.53. The Labute approximate surface area is 198 Å². The zero-order valence-corrected chi connectivity index (χ0v) is 19.9. The summed E-state index contributed by atoms with van der Waals surface area (Å²) in [4.78, 5) is 44.9. The molecule has 4 heterocycles. The van der Waals surface area contributed by atoms with Crippen molar-refractivity contribution in [1.29, 1.82) is 5.41 Å². The zero-order valence-electron chi connectivity index (χ0n) is 19.1. The highest BCUT2D eigenvalue weighted by atomic mass is 32.1. The van der Waals surface area contributed by atoms with Gasteiger partial charge in [-0.2, -0.15) is 0 Å². The first-order valence-electron chi connectivity index (χ1n) is 11.1. The molecule has 34 heavy (non-hydrogen) atoms. The van der Waals surface area contributed by atoms with Crippen molar-refractivity contribution in [3.8, 4) is 0 Å². The van der Waals surface area contributed by atoms with Crippen LogP contribution in [-0.4, -0.2) is 32.8 Å². The monoisotopic (exact) mass is 476 g/mol. The molecule has 0 atom stereocenters. The lowest BCUT2D eigenvalue weighted by molar-refractivity contribution is 0.0963. The number of carbonyl (C=O) groups excluding carboxylic acids is 2. The number of thiophene rings is 1. The topological polar surface area (TPSA) is 121 Å². The lowest BCUT2D eigenvalue weighted by Crippen LogP contribution is -2.31. The van der Waals surface area contributed by atoms with Crippen molar-refractivity contribution >= 4 is 44.8 Å². The minimum absolute atomic E-state index is 0.0377. The van der Waals surface area contributed by atoms with Gasteiger partial charge >= 0.3 is 0 Å². The van der Waals surface area contributed by atoms with E-state index in [0.29, 0.717) is 21.9 Å². The quantitative estimate of drug-likeness (QED) is 0.393. The molecule has 4 aromatic heterocycles. The van der Waals surface area contributed by atoms with Gasteiger partial charge in [0.2, 0.25) is 0 Å². The summed E-state index contributed by atoms with van der Waals surface area (Å²) in [6.07, 6.45) is 5.37. The molecule has 10 heteroatoms. The van der Waals surface area contributed by atoms with Gasteiger partial charge in [0, 0.05) is 25.2 Å². The maximum absolute atomic E-state index is 13.3. The molecular formula is C24H24N6O3S. The van der Waals surface area contributed by atoms with Crippen LogP contribution in [0.4, 0.5) is 5.00 Å². The molecule has 0 radical (unpaired) electrons. The molecule has 1 aliphatic rings. The summed E-state index contributed by atoms with van der Waals surface area (Å²) >= 11 is 1.41. The zero-order chi connectivity index (χ0) is 24.1. The van der Waals surface area contributed by atoms with Crippen LogP contribution in [0.3, 0.4) is 0 Å². The van der Waals surface area contributed by atoms with Crippen molar-refractivity contribution in [3.05, 3.63) is 67.4 Å². The van der Waals surface area contributed by atoms with E-state index >= 15 is 0 Å². The maximum atomic E-state index is 13.3. The standard InChI is InChI=1S/C24H24N6O3S/c1-12-7-6-10-30-19(12)27-20-15(24(30)33)11-14(18(25)29(20)3)21(31)28-23-17(22(32)26-2)13-8-4-5-9-16(13)34-23/h6-7,10-11,25H,4-5,8-9H2,1-3H3,(H,26,32)(H,28,31). The predicted molar refractivity (Wildman–Crippen MR) is 131 cm³/mol. The van der Waals surface area contributed by atoms with Crippen LogP contribution >= 0.6 is 11.3 Å². The van der Waals surface area contributed by atoms with Gasteiger partial charge in [-0.15, -0.1) is 11.3 Å². The maximum Gasteiger partial charge on any atom is 0.267 e. The Morgan fingerprint density at radius 3 is 2.71 bits per heavy atom. The van der Waals surface area contributed by atoms with E-state index in [2.05, 4.69) is 15.6 Å². The van der Waals surface area contributed by atoms with Gasteiger partial charge in [-0.1, -0.05) is 6.07 Å². The van der Waals surface area contributed by atoms with Crippen molar-refractivity contribution in [2.75, 3.05) is 12.4 Å². The molecule has 0 unspecified atom stereocenters. The average Bonchev–Trinajstić information content (AvgIpc) is 3.19. The Hall–Kier alpha value is -3.79. The molecule has 0 aromatic carbocycles. The van der Waals surface area contributed by atoms with Crippen molar-refractivity contribution in [3.63, 3.8) is 0 Å². The normalized spacial score (nSPS) is 13.1. The van der Waals surface area contributed by atoms with Gasteiger partial charge in [-0.3, -0.25) is 24.2 Å². The molecule has 5 rings (SSSR count). The number of hydrogen-bond acceptors (Lipinski definition) is 6. The molecular weight excluding hydrogens is 452 g/mol. The van der Waals surface area contributed by atoms with Gasteiger partial charge in [-0.25, -0.2) is 4.98 Å². The van der Waals surface area contributed by atoms with Crippen molar-refractivity contribution < 1.29 is 9.59 Å². The van der Waals surface area contributed by atoms with Gasteiger partial charge < -0.3 is 15.2 Å². The number of amides is 2. The van der Waals surface area contributed by atoms with Crippen LogP contribution in [0.5, 0.6) is 0 Å². The molecule has 2 amide bonds. The van der Waals surface area contributed by atoms with E-state index in [1.165, 1.54) is 26.4 Å². The average molecular weight is 477 g/mol. The summed E-state index contributed by atoms with van der Waals surface area (Å²) in [5, 5.41) is 14.8. The molecule has 0 spiro atoms. The van der Waals surface area contributed by atoms with Gasteiger partial charge in [0.05, 0.1) is 16.5 Å². The molecule has 3 N–H and O–H groups in total. The van der Waals surface area contributed by atoms with Crippen LogP contribution in [0.25, 0.3) is 16.7 Å². The SMILES string of the molecule is CNC(=O)c1c(NC(=O)c2cc3c(=O)n4cccc(C)c4nc3n(C)c2=N)sc2c1CCCC2. The van der Waals surface area contributed by atoms with Crippen molar-refractivity contribution in [2.45, 2.75) is 32.6 Å². The number of carbonyl (C=O) groups is 2. The van der Waals surface area contributed by atoms with E-state index in [4.69, 9.17) is 5.41 Å². The third-order valence-corrected chi connectivity index (χ3v) is 7.57. The Balaban J connectivity index is 1.65. The van der Waals surface area contributed by atoms with Gasteiger partial charge in [0.1, 0.15) is 21.8 Å². The lowest BCUT2D eigenvalue weighted by Gasteiger charge is -2.13. The van der Waals surface area contributed by atoms with Gasteiger partial charge in [0.15, 0.2) is 0 Å². The second kappa shape index (κ2) is 8.21. The van der Waals surface area contributed by atoms with Crippen LogP contribution in [0.15, 0.2) is 29.2 Å². The molecule has 0 saturated heterocycles. The Bertz CT molecular complexity index is 1630. The van der Waals surface area contributed by atoms with Crippen molar-refractivity contribution in [2.24, 2.45) is 7.05 Å². The van der Waals surface area contributed by atoms with Crippen LogP contribution in [0.1, 0.15) is 49.6 Å². The van der Waals surface area contributed by atoms with E-state index in [1.54, 1.807) is 26.4 Å². The van der Waals surface area contributed by atoms with E-state index in [0.717, 1.165) is 41.7 Å². The number of hydrogen-bond donors (Lipinski definition) is 3. The third kappa shape index (κ3) is 3.33. The minimum atomic E-state index is -0.542. The number of aromatic nitrogens is 3. The molecule has 4 aromatic rings. The highest BCUT2D eigenvalue weighted by Crippen LogP contribution is 2.38. The largest absolute Gasteiger partial charge is 0.355 e. The molecule has 0 saturated carbocycles. The van der Waals surface area contributed by atoms with Gasteiger partial charge in [-0.05, 0) is 55.9 Å². The molecule has 0 fully saturated rings. The molecule has 9 nitrogen and oxygen atoms in total. The van der Waals surface area contributed by atoms with E-state index in [9.17, 15) is 14.4 Å². The smallest absolute Gasteiger partial charge is 0.267 e. The van der Waals surface area contributed by atoms with Crippen LogP contribution in [0, 0.1) is 12.3 Å². The van der Waals surface area contributed by atoms with Crippen LogP contribution < -0.4 is 21.7 Å². The fourth-order valence-electron chi connectivity index (χ4n) is 4.54. The van der Waals surface area contributed by atoms with E-state index in [-0.39, 0.29) is 27.9 Å². The Morgan fingerprint density at radius 1 is 1.18 bits per heavy atom. The number of anilines is 1. The van der Waals surface area contributed by atoms with E-state index in [1.807, 2.05) is 13.0 Å². The second-order valence-corrected chi connectivity index (χ2v) is 9.56. The van der Waals surface area contributed by atoms with Crippen molar-refractivity contribution in [1.82, 2.24) is 19.3 Å². The minimum Gasteiger partial charge on any atom is -0.355 e. The molecule has 1 aliphatic carbocycles. The third-order valence-electron chi connectivity index (χ3n) is 6.36. The summed E-state index contributed by atoms with van der Waals surface area (Å²) in [6, 6.07) is 5.05. The lowest BCUT2D eigenvalue weighted by atomic mass is 9.95. The number of nitrogens with zero attached hydrogens (tertiary/aromatic N) is 3. The number of fused-ring (bicyclic) bond motifs is 3. The fourth-order valence-corrected chi connectivity index (χ4v) is 5.83.